The van der Waals surface area contributed by atoms with E-state index in [9.17, 15) is 14.4 Å². The Morgan fingerprint density at radius 3 is 2.61 bits per heavy atom. The van der Waals surface area contributed by atoms with Crippen LogP contribution in [0, 0.1) is 18.8 Å². The van der Waals surface area contributed by atoms with Crippen molar-refractivity contribution in [3.05, 3.63) is 42.0 Å². The summed E-state index contributed by atoms with van der Waals surface area (Å²) in [6, 6.07) is 6.31. The summed E-state index contributed by atoms with van der Waals surface area (Å²) < 4.78 is 23.6. The van der Waals surface area contributed by atoms with Crippen LogP contribution in [0.5, 0.6) is 5.75 Å². The van der Waals surface area contributed by atoms with Gasteiger partial charge < -0.3 is 39.0 Å². The van der Waals surface area contributed by atoms with Crippen molar-refractivity contribution in [2.24, 2.45) is 11.8 Å². The van der Waals surface area contributed by atoms with E-state index in [1.165, 1.54) is 0 Å². The minimum Gasteiger partial charge on any atom is -0.476 e. The van der Waals surface area contributed by atoms with Crippen LogP contribution in [0.15, 0.2) is 30.6 Å². The number of ether oxygens (including phenoxy) is 4. The zero-order valence-electron chi connectivity index (χ0n) is 29.7. The zero-order chi connectivity index (χ0) is 35.1. The number of aryl methyl sites for hydroxylation is 1. The number of nitrogens with zero attached hydrogens (tertiary/aromatic N) is 5. The molecule has 0 radical (unpaired) electrons. The minimum absolute atomic E-state index is 0. The molecule has 0 spiro atoms. The fraction of sp³-hybridized carbons (Fsp3) is 0.639. The Morgan fingerprint density at radius 2 is 1.94 bits per heavy atom. The molecule has 1 aromatic heterocycles. The molecule has 4 atom stereocenters. The molecule has 3 fully saturated rings. The van der Waals surface area contributed by atoms with E-state index in [4.69, 9.17) is 18.9 Å². The Balaban J connectivity index is 0.00000486. The van der Waals surface area contributed by atoms with Gasteiger partial charge in [0.05, 0.1) is 35.7 Å². The van der Waals surface area contributed by atoms with E-state index < -0.39 is 23.2 Å². The van der Waals surface area contributed by atoms with Crippen LogP contribution in [-0.2, 0) is 30.3 Å². The Bertz CT molecular complexity index is 1550. The first-order valence-electron chi connectivity index (χ1n) is 17.3. The normalized spacial score (nSPS) is 24.5. The predicted octanol–water partition coefficient (Wildman–Crippen LogP) is 4.45. The average molecular weight is 681 g/mol. The second-order valence-corrected chi connectivity index (χ2v) is 15.1. The lowest BCUT2D eigenvalue weighted by Crippen LogP contribution is -2.53. The highest BCUT2D eigenvalue weighted by Crippen LogP contribution is 2.48. The van der Waals surface area contributed by atoms with E-state index in [-0.39, 0.29) is 44.6 Å². The van der Waals surface area contributed by atoms with Crippen molar-refractivity contribution in [2.45, 2.75) is 103 Å². The number of hydrogen-bond donors (Lipinski definition) is 1. The van der Waals surface area contributed by atoms with Crippen molar-refractivity contribution in [2.75, 3.05) is 43.2 Å². The monoisotopic (exact) mass is 680 g/mol. The average Bonchev–Trinajstić information content (AvgIpc) is 3.99. The summed E-state index contributed by atoms with van der Waals surface area (Å²) in [5.74, 6) is -0.0978. The van der Waals surface area contributed by atoms with Gasteiger partial charge in [0.15, 0.2) is 11.8 Å². The number of epoxide rings is 1. The SMILES string of the molecule is COCCCN1C(=O)C(C)(C)Oc2ccc(N(C3CC3)C3OC3[C@@H]3C[C@H](C(=O)NCc4cnc(C)cn4)CN(C(=O)OC(C)(C)C)C3)cc21.[HH]. The summed E-state index contributed by atoms with van der Waals surface area (Å²) in [6.07, 6.45) is 5.82. The standard InChI is InChI=1S/C36H50N6O7.H2/c1-22-17-38-25(18-37-22)19-39-31(43)24-15-23(20-40(21-24)34(45)49-35(2,3)4)30-32(47-30)42(26-9-10-26)27-11-12-29-28(16-27)41(13-8-14-46-7)33(44)36(5,6)48-29;/h11-12,16-18,23-24,26,30,32H,8-10,13-15,19-21H2,1-7H3,(H,39,43);1H/t23-,24+,30?,32?;/m1./s1. The molecule has 6 rings (SSSR count). The number of amides is 3. The largest absolute Gasteiger partial charge is 0.476 e. The first kappa shape index (κ1) is 34.9. The van der Waals surface area contributed by atoms with Gasteiger partial charge in [0.2, 0.25) is 5.91 Å². The molecule has 1 aliphatic carbocycles. The van der Waals surface area contributed by atoms with Crippen LogP contribution >= 0.6 is 0 Å². The van der Waals surface area contributed by atoms with Crippen molar-refractivity contribution in [3.8, 4) is 5.75 Å². The van der Waals surface area contributed by atoms with E-state index in [1.54, 1.807) is 38.3 Å². The summed E-state index contributed by atoms with van der Waals surface area (Å²) in [7, 11) is 1.66. The van der Waals surface area contributed by atoms with E-state index >= 15 is 0 Å². The Morgan fingerprint density at radius 1 is 1.16 bits per heavy atom. The molecule has 1 aromatic carbocycles. The number of rotatable bonds is 11. The highest BCUT2D eigenvalue weighted by Gasteiger charge is 2.55. The molecule has 1 N–H and O–H groups in total. The van der Waals surface area contributed by atoms with Crippen LogP contribution in [0.4, 0.5) is 16.2 Å². The molecule has 3 aliphatic heterocycles. The van der Waals surface area contributed by atoms with Gasteiger partial charge in [0.25, 0.3) is 5.91 Å². The van der Waals surface area contributed by atoms with Crippen molar-refractivity contribution in [1.29, 1.82) is 0 Å². The summed E-state index contributed by atoms with van der Waals surface area (Å²) in [5, 5.41) is 3.00. The zero-order valence-corrected chi connectivity index (χ0v) is 29.7. The molecule has 13 nitrogen and oxygen atoms in total. The van der Waals surface area contributed by atoms with Crippen LogP contribution in [0.1, 0.15) is 73.1 Å². The molecule has 1 saturated carbocycles. The summed E-state index contributed by atoms with van der Waals surface area (Å²) in [5.41, 5.74) is 1.52. The molecule has 2 unspecified atom stereocenters. The van der Waals surface area contributed by atoms with Crippen LogP contribution < -0.4 is 19.9 Å². The first-order valence-corrected chi connectivity index (χ1v) is 17.3. The van der Waals surface area contributed by atoms with E-state index in [0.717, 1.165) is 29.9 Å². The van der Waals surface area contributed by atoms with Gasteiger partial charge >= 0.3 is 6.09 Å². The molecular weight excluding hydrogens is 628 g/mol. The van der Waals surface area contributed by atoms with Crippen molar-refractivity contribution >= 4 is 29.3 Å². The quantitative estimate of drug-likeness (QED) is 0.268. The number of anilines is 2. The topological polar surface area (TPSA) is 139 Å². The molecule has 4 aliphatic rings. The van der Waals surface area contributed by atoms with Crippen LogP contribution in [0.3, 0.4) is 0 Å². The number of hydrogen-bond acceptors (Lipinski definition) is 10. The molecule has 49 heavy (non-hydrogen) atoms. The molecule has 268 valence electrons. The third-order valence-electron chi connectivity index (χ3n) is 9.35. The highest BCUT2D eigenvalue weighted by molar-refractivity contribution is 6.02. The summed E-state index contributed by atoms with van der Waals surface area (Å²) in [6.45, 7) is 13.0. The van der Waals surface area contributed by atoms with Gasteiger partial charge in [-0.05, 0) is 85.4 Å². The van der Waals surface area contributed by atoms with Gasteiger partial charge in [0, 0.05) is 58.6 Å². The van der Waals surface area contributed by atoms with E-state index in [1.807, 2.05) is 50.8 Å². The lowest BCUT2D eigenvalue weighted by atomic mass is 9.86. The molecular formula is C36H52N6O7. The maximum Gasteiger partial charge on any atom is 0.410 e. The number of carbonyl (C=O) groups is 3. The van der Waals surface area contributed by atoms with Crippen LogP contribution in [0.25, 0.3) is 0 Å². The Hall–Kier alpha value is -3.97. The molecule has 4 heterocycles. The number of piperidine rings is 1. The highest BCUT2D eigenvalue weighted by atomic mass is 16.6. The lowest BCUT2D eigenvalue weighted by molar-refractivity contribution is -0.132. The van der Waals surface area contributed by atoms with Gasteiger partial charge in [-0.15, -0.1) is 0 Å². The van der Waals surface area contributed by atoms with Crippen molar-refractivity contribution in [3.63, 3.8) is 0 Å². The van der Waals surface area contributed by atoms with Gasteiger partial charge in [-0.1, -0.05) is 0 Å². The van der Waals surface area contributed by atoms with Gasteiger partial charge in [0.1, 0.15) is 17.5 Å². The fourth-order valence-corrected chi connectivity index (χ4v) is 6.78. The number of nitrogens with one attached hydrogen (secondary N) is 1. The summed E-state index contributed by atoms with van der Waals surface area (Å²) in [4.78, 5) is 54.7. The third kappa shape index (κ3) is 8.09. The summed E-state index contributed by atoms with van der Waals surface area (Å²) >= 11 is 0. The van der Waals surface area contributed by atoms with Crippen LogP contribution in [-0.4, -0.2) is 95.7 Å². The molecule has 2 aromatic rings. The number of carbonyl (C=O) groups excluding carboxylic acids is 3. The number of benzene rings is 1. The Kier molecular flexibility index (Phi) is 9.78. The van der Waals surface area contributed by atoms with Crippen molar-refractivity contribution in [1.82, 2.24) is 20.2 Å². The molecule has 0 bridgehead atoms. The molecule has 2 saturated heterocycles. The third-order valence-corrected chi connectivity index (χ3v) is 9.35. The molecule has 13 heteroatoms. The number of methoxy groups -OCH3 is 1. The number of likely N-dealkylation sites (tertiary alicyclic amines) is 1. The van der Waals surface area contributed by atoms with E-state index in [2.05, 4.69) is 20.2 Å². The second-order valence-electron chi connectivity index (χ2n) is 15.1. The maximum atomic E-state index is 13.5. The first-order chi connectivity index (χ1) is 23.2. The second kappa shape index (κ2) is 13.7. The lowest BCUT2D eigenvalue weighted by Gasteiger charge is -2.39. The maximum absolute atomic E-state index is 13.5. The van der Waals surface area contributed by atoms with E-state index in [0.29, 0.717) is 50.0 Å². The van der Waals surface area contributed by atoms with Gasteiger partial charge in [-0.25, -0.2) is 4.79 Å². The predicted molar refractivity (Wildman–Crippen MR) is 184 cm³/mol. The smallest absolute Gasteiger partial charge is 0.410 e. The van der Waals surface area contributed by atoms with Gasteiger partial charge in [-0.3, -0.25) is 19.6 Å². The molecule has 3 amide bonds. The van der Waals surface area contributed by atoms with Crippen molar-refractivity contribution < 1.29 is 34.8 Å². The Labute approximate surface area is 290 Å². The minimum atomic E-state index is -0.972. The number of fused-ring (bicyclic) bond motifs is 1. The van der Waals surface area contributed by atoms with Crippen LogP contribution in [0.2, 0.25) is 0 Å². The number of aromatic nitrogens is 2. The van der Waals surface area contributed by atoms with Gasteiger partial charge in [-0.2, -0.15) is 0 Å². The fourth-order valence-electron chi connectivity index (χ4n) is 6.78.